The van der Waals surface area contributed by atoms with Crippen molar-refractivity contribution in [1.82, 2.24) is 0 Å². The third-order valence-corrected chi connectivity index (χ3v) is 4.00. The molecule has 1 rings (SSSR count). The van der Waals surface area contributed by atoms with Crippen molar-refractivity contribution in [2.24, 2.45) is 11.3 Å². The number of hydrogen-bond acceptors (Lipinski definition) is 0. The number of hydrogen-bond donors (Lipinski definition) is 0. The Labute approximate surface area is 66.2 Å². The van der Waals surface area contributed by atoms with Gasteiger partial charge in [0.05, 0.1) is 0 Å². The lowest BCUT2D eigenvalue weighted by atomic mass is 9.68. The fourth-order valence-electron chi connectivity index (χ4n) is 1.30. The highest BCUT2D eigenvalue weighted by molar-refractivity contribution is 9.09. The molecule has 0 aromatic carbocycles. The van der Waals surface area contributed by atoms with E-state index in [-0.39, 0.29) is 0 Å². The zero-order valence-corrected chi connectivity index (χ0v) is 7.87. The Kier molecular flexibility index (Phi) is 2.20. The number of rotatable bonds is 2. The smallest absolute Gasteiger partial charge is 0.00853 e. The summed E-state index contributed by atoms with van der Waals surface area (Å²) in [7, 11) is 0. The average molecular weight is 191 g/mol. The largest absolute Gasteiger partial charge is 0.0922 e. The molecule has 1 fully saturated rings. The van der Waals surface area contributed by atoms with Crippen molar-refractivity contribution in [3.63, 3.8) is 0 Å². The van der Waals surface area contributed by atoms with Crippen LogP contribution in [0, 0.1) is 11.3 Å². The number of alkyl halides is 1. The first-order valence-corrected chi connectivity index (χ1v) is 4.85. The van der Waals surface area contributed by atoms with Crippen molar-refractivity contribution in [3.8, 4) is 0 Å². The van der Waals surface area contributed by atoms with Crippen molar-refractivity contribution in [1.29, 1.82) is 0 Å². The van der Waals surface area contributed by atoms with Crippen molar-refractivity contribution in [2.75, 3.05) is 5.33 Å². The van der Waals surface area contributed by atoms with Gasteiger partial charge in [0.1, 0.15) is 0 Å². The molecular weight excluding hydrogens is 176 g/mol. The van der Waals surface area contributed by atoms with E-state index in [1.165, 1.54) is 19.3 Å². The van der Waals surface area contributed by atoms with Crippen LogP contribution >= 0.6 is 15.9 Å². The third-order valence-electron chi connectivity index (χ3n) is 2.55. The molecule has 0 nitrogen and oxygen atoms in total. The molecule has 0 N–H and O–H groups in total. The Morgan fingerprint density at radius 1 is 1.44 bits per heavy atom. The number of halogens is 1. The van der Waals surface area contributed by atoms with E-state index in [0.29, 0.717) is 5.41 Å². The summed E-state index contributed by atoms with van der Waals surface area (Å²) in [6.07, 6.45) is 4.37. The predicted molar refractivity (Wildman–Crippen MR) is 44.9 cm³/mol. The SMILES string of the molecule is CC(C)(CBr)C1CCC1. The molecular formula is C8H15Br. The van der Waals surface area contributed by atoms with Gasteiger partial charge in [0.15, 0.2) is 0 Å². The normalized spacial score (nSPS) is 21.7. The molecule has 0 spiro atoms. The molecule has 0 amide bonds. The van der Waals surface area contributed by atoms with Gasteiger partial charge in [0.2, 0.25) is 0 Å². The summed E-state index contributed by atoms with van der Waals surface area (Å²) in [4.78, 5) is 0. The fourth-order valence-corrected chi connectivity index (χ4v) is 1.76. The lowest BCUT2D eigenvalue weighted by molar-refractivity contribution is 0.147. The van der Waals surface area contributed by atoms with E-state index in [9.17, 15) is 0 Å². The Bertz CT molecular complexity index is 92.7. The zero-order chi connectivity index (χ0) is 6.91. The minimum Gasteiger partial charge on any atom is -0.0922 e. The second-order valence-electron chi connectivity index (χ2n) is 3.75. The van der Waals surface area contributed by atoms with Crippen LogP contribution in [-0.4, -0.2) is 5.33 Å². The van der Waals surface area contributed by atoms with Crippen LogP contribution in [-0.2, 0) is 0 Å². The highest BCUT2D eigenvalue weighted by Crippen LogP contribution is 2.42. The fraction of sp³-hybridized carbons (Fsp3) is 1.00. The molecule has 0 aromatic heterocycles. The molecule has 1 aliphatic rings. The van der Waals surface area contributed by atoms with E-state index >= 15 is 0 Å². The summed E-state index contributed by atoms with van der Waals surface area (Å²) in [5.74, 6) is 0.997. The summed E-state index contributed by atoms with van der Waals surface area (Å²) in [6, 6.07) is 0. The quantitative estimate of drug-likeness (QED) is 0.588. The monoisotopic (exact) mass is 190 g/mol. The van der Waals surface area contributed by atoms with Crippen molar-refractivity contribution in [3.05, 3.63) is 0 Å². The van der Waals surface area contributed by atoms with Gasteiger partial charge in [0, 0.05) is 5.33 Å². The third kappa shape index (κ3) is 1.49. The topological polar surface area (TPSA) is 0 Å². The molecule has 0 radical (unpaired) electrons. The van der Waals surface area contributed by atoms with Crippen LogP contribution in [0.4, 0.5) is 0 Å². The molecule has 0 bridgehead atoms. The maximum atomic E-state index is 3.55. The molecule has 1 heteroatoms. The second kappa shape index (κ2) is 2.61. The standard InChI is InChI=1S/C8H15Br/c1-8(2,6-9)7-4-3-5-7/h7H,3-6H2,1-2H3. The van der Waals surface area contributed by atoms with E-state index in [2.05, 4.69) is 29.8 Å². The van der Waals surface area contributed by atoms with Gasteiger partial charge in [-0.05, 0) is 24.2 Å². The van der Waals surface area contributed by atoms with Crippen LogP contribution in [0.3, 0.4) is 0 Å². The summed E-state index contributed by atoms with van der Waals surface area (Å²) >= 11 is 3.55. The van der Waals surface area contributed by atoms with Crippen LogP contribution < -0.4 is 0 Å². The van der Waals surface area contributed by atoms with Crippen LogP contribution in [0.1, 0.15) is 33.1 Å². The van der Waals surface area contributed by atoms with Gasteiger partial charge in [-0.2, -0.15) is 0 Å². The lowest BCUT2D eigenvalue weighted by Crippen LogP contribution is -2.30. The van der Waals surface area contributed by atoms with Crippen LogP contribution in [0.5, 0.6) is 0 Å². The molecule has 9 heavy (non-hydrogen) atoms. The maximum Gasteiger partial charge on any atom is 0.00853 e. The van der Waals surface area contributed by atoms with Crippen LogP contribution in [0.25, 0.3) is 0 Å². The highest BCUT2D eigenvalue weighted by Gasteiger charge is 2.32. The molecule has 0 saturated heterocycles. The van der Waals surface area contributed by atoms with E-state index in [1.54, 1.807) is 0 Å². The average Bonchev–Trinajstić information content (AvgIpc) is 1.60. The zero-order valence-electron chi connectivity index (χ0n) is 6.28. The van der Waals surface area contributed by atoms with Gasteiger partial charge >= 0.3 is 0 Å². The van der Waals surface area contributed by atoms with Crippen molar-refractivity contribution < 1.29 is 0 Å². The van der Waals surface area contributed by atoms with E-state index < -0.39 is 0 Å². The van der Waals surface area contributed by atoms with Gasteiger partial charge in [-0.15, -0.1) is 0 Å². The summed E-state index contributed by atoms with van der Waals surface area (Å²) in [5.41, 5.74) is 0.554. The molecule has 0 atom stereocenters. The van der Waals surface area contributed by atoms with E-state index in [4.69, 9.17) is 0 Å². The first-order valence-electron chi connectivity index (χ1n) is 3.73. The van der Waals surface area contributed by atoms with E-state index in [0.717, 1.165) is 11.2 Å². The Balaban J connectivity index is 2.37. The Morgan fingerprint density at radius 2 is 2.00 bits per heavy atom. The molecule has 0 aromatic rings. The van der Waals surface area contributed by atoms with Crippen LogP contribution in [0.15, 0.2) is 0 Å². The first kappa shape index (κ1) is 7.59. The molecule has 0 heterocycles. The Morgan fingerprint density at radius 3 is 2.11 bits per heavy atom. The summed E-state index contributed by atoms with van der Waals surface area (Å²) < 4.78 is 0. The molecule has 1 aliphatic carbocycles. The van der Waals surface area contributed by atoms with Gasteiger partial charge in [-0.3, -0.25) is 0 Å². The molecule has 0 aliphatic heterocycles. The lowest BCUT2D eigenvalue weighted by Gasteiger charge is -2.39. The summed E-state index contributed by atoms with van der Waals surface area (Å²) in [6.45, 7) is 4.71. The van der Waals surface area contributed by atoms with Gasteiger partial charge < -0.3 is 0 Å². The van der Waals surface area contributed by atoms with Gasteiger partial charge in [0.25, 0.3) is 0 Å². The minimum atomic E-state index is 0.554. The van der Waals surface area contributed by atoms with Gasteiger partial charge in [-0.1, -0.05) is 36.2 Å². The molecule has 0 unspecified atom stereocenters. The van der Waals surface area contributed by atoms with Crippen molar-refractivity contribution >= 4 is 15.9 Å². The van der Waals surface area contributed by atoms with Crippen molar-refractivity contribution in [2.45, 2.75) is 33.1 Å². The van der Waals surface area contributed by atoms with Gasteiger partial charge in [-0.25, -0.2) is 0 Å². The minimum absolute atomic E-state index is 0.554. The first-order chi connectivity index (χ1) is 4.17. The van der Waals surface area contributed by atoms with Crippen LogP contribution in [0.2, 0.25) is 0 Å². The molecule has 54 valence electrons. The summed E-state index contributed by atoms with van der Waals surface area (Å²) in [5, 5.41) is 1.16. The highest BCUT2D eigenvalue weighted by atomic mass is 79.9. The molecule has 1 saturated carbocycles. The Hall–Kier alpha value is 0.480. The second-order valence-corrected chi connectivity index (χ2v) is 4.31. The predicted octanol–water partition coefficient (Wildman–Crippen LogP) is 3.21. The maximum absolute atomic E-state index is 3.55. The van der Waals surface area contributed by atoms with E-state index in [1.807, 2.05) is 0 Å².